The fourth-order valence-corrected chi connectivity index (χ4v) is 1.96. The number of aryl methyl sites for hydroxylation is 1. The number of anilines is 1. The number of carbonyl (C=O) groups is 2. The number of rotatable bonds is 5. The van der Waals surface area contributed by atoms with Gasteiger partial charge in [-0.25, -0.2) is 4.79 Å². The molecule has 0 spiro atoms. The van der Waals surface area contributed by atoms with Crippen molar-refractivity contribution >= 4 is 28.5 Å². The van der Waals surface area contributed by atoms with Crippen LogP contribution in [-0.2, 0) is 9.53 Å². The molecule has 0 radical (unpaired) electrons. The van der Waals surface area contributed by atoms with Crippen LogP contribution in [0.2, 0.25) is 0 Å². The molecule has 0 bridgehead atoms. The molecule has 2 amide bonds. The van der Waals surface area contributed by atoms with E-state index in [0.29, 0.717) is 5.13 Å². The second kappa shape index (κ2) is 7.03. The Balaban J connectivity index is 2.65. The lowest BCUT2D eigenvalue weighted by Crippen LogP contribution is -2.47. The van der Waals surface area contributed by atoms with Gasteiger partial charge in [0.1, 0.15) is 11.0 Å². The third-order valence-corrected chi connectivity index (χ3v) is 3.01. The van der Waals surface area contributed by atoms with Crippen molar-refractivity contribution in [3.05, 3.63) is 5.01 Å². The van der Waals surface area contributed by atoms with Gasteiger partial charge < -0.3 is 10.1 Å². The Hall–Kier alpha value is -1.70. The van der Waals surface area contributed by atoms with Gasteiger partial charge in [-0.15, -0.1) is 10.2 Å². The molecule has 1 atom stereocenters. The maximum Gasteiger partial charge on any atom is 0.407 e. The zero-order valence-corrected chi connectivity index (χ0v) is 12.2. The normalized spacial score (nSPS) is 12.1. The third-order valence-electron chi connectivity index (χ3n) is 2.25. The molecule has 0 aliphatic heterocycles. The summed E-state index contributed by atoms with van der Waals surface area (Å²) in [5, 5.41) is 13.9. The molecular formula is C11H18N4O3S. The molecule has 0 saturated heterocycles. The van der Waals surface area contributed by atoms with Gasteiger partial charge in [0, 0.05) is 0 Å². The predicted octanol–water partition coefficient (Wildman–Crippen LogP) is 1.56. The largest absolute Gasteiger partial charge is 0.450 e. The van der Waals surface area contributed by atoms with Crippen molar-refractivity contribution < 1.29 is 14.3 Å². The fourth-order valence-electron chi connectivity index (χ4n) is 1.36. The van der Waals surface area contributed by atoms with E-state index >= 15 is 0 Å². The number of hydrogen-bond acceptors (Lipinski definition) is 6. The van der Waals surface area contributed by atoms with E-state index in [1.54, 1.807) is 13.8 Å². The average molecular weight is 286 g/mol. The van der Waals surface area contributed by atoms with Gasteiger partial charge in [0.15, 0.2) is 0 Å². The molecule has 1 unspecified atom stereocenters. The summed E-state index contributed by atoms with van der Waals surface area (Å²) < 4.78 is 4.77. The van der Waals surface area contributed by atoms with Crippen molar-refractivity contribution in [2.75, 3.05) is 11.9 Å². The van der Waals surface area contributed by atoms with Crippen LogP contribution >= 0.6 is 11.3 Å². The predicted molar refractivity (Wildman–Crippen MR) is 72.1 cm³/mol. The second-order valence-corrected chi connectivity index (χ2v) is 5.38. The Morgan fingerprint density at radius 2 is 2.05 bits per heavy atom. The summed E-state index contributed by atoms with van der Waals surface area (Å²) >= 11 is 1.28. The molecule has 1 aromatic heterocycles. The first-order valence-corrected chi connectivity index (χ1v) is 6.80. The fraction of sp³-hybridized carbons (Fsp3) is 0.636. The highest BCUT2D eigenvalue weighted by atomic mass is 32.1. The summed E-state index contributed by atoms with van der Waals surface area (Å²) in [7, 11) is 0. The van der Waals surface area contributed by atoms with Gasteiger partial charge in [0.2, 0.25) is 11.0 Å². The molecular weight excluding hydrogens is 268 g/mol. The molecule has 0 aliphatic carbocycles. The van der Waals surface area contributed by atoms with Crippen LogP contribution in [0.5, 0.6) is 0 Å². The first-order chi connectivity index (χ1) is 8.93. The maximum atomic E-state index is 12.1. The molecule has 106 valence electrons. The molecule has 1 aromatic rings. The van der Waals surface area contributed by atoms with E-state index in [2.05, 4.69) is 20.8 Å². The molecule has 7 nitrogen and oxygen atoms in total. The summed E-state index contributed by atoms with van der Waals surface area (Å²) in [6, 6.07) is -0.678. The van der Waals surface area contributed by atoms with Crippen molar-refractivity contribution in [3.63, 3.8) is 0 Å². The molecule has 0 fully saturated rings. The lowest BCUT2D eigenvalue weighted by atomic mass is 10.0. The topological polar surface area (TPSA) is 93.2 Å². The number of hydrogen-bond donors (Lipinski definition) is 2. The lowest BCUT2D eigenvalue weighted by Gasteiger charge is -2.20. The zero-order valence-electron chi connectivity index (χ0n) is 11.4. The summed E-state index contributed by atoms with van der Waals surface area (Å²) in [6.07, 6.45) is -0.607. The van der Waals surface area contributed by atoms with Crippen LogP contribution in [0.4, 0.5) is 9.93 Å². The van der Waals surface area contributed by atoms with Crippen LogP contribution < -0.4 is 10.6 Å². The Bertz CT molecular complexity index is 447. The minimum Gasteiger partial charge on any atom is -0.450 e. The number of carbonyl (C=O) groups excluding carboxylic acids is 2. The maximum absolute atomic E-state index is 12.1. The minimum atomic E-state index is -0.678. The van der Waals surface area contributed by atoms with E-state index in [1.165, 1.54) is 11.3 Å². The number of ether oxygens (including phenoxy) is 1. The zero-order chi connectivity index (χ0) is 14.4. The van der Waals surface area contributed by atoms with Crippen LogP contribution in [0.3, 0.4) is 0 Å². The third kappa shape index (κ3) is 4.82. The standard InChI is InChI=1S/C11H18N4O3S/c1-5-18-11(17)12-8(6(2)3)9(16)13-10-15-14-7(4)19-10/h6,8H,5H2,1-4H3,(H,12,17)(H,13,15,16). The van der Waals surface area contributed by atoms with E-state index in [4.69, 9.17) is 4.74 Å². The molecule has 2 N–H and O–H groups in total. The second-order valence-electron chi connectivity index (χ2n) is 4.20. The average Bonchev–Trinajstić information content (AvgIpc) is 2.71. The molecule has 8 heteroatoms. The van der Waals surface area contributed by atoms with Crippen molar-refractivity contribution in [2.45, 2.75) is 33.7 Å². The summed E-state index contributed by atoms with van der Waals surface area (Å²) in [6.45, 7) is 7.43. The van der Waals surface area contributed by atoms with Gasteiger partial charge in [-0.05, 0) is 19.8 Å². The molecule has 0 aromatic carbocycles. The van der Waals surface area contributed by atoms with Gasteiger partial charge in [-0.2, -0.15) is 0 Å². The van der Waals surface area contributed by atoms with E-state index < -0.39 is 12.1 Å². The Morgan fingerprint density at radius 1 is 1.37 bits per heavy atom. The van der Waals surface area contributed by atoms with E-state index in [-0.39, 0.29) is 18.4 Å². The van der Waals surface area contributed by atoms with Crippen molar-refractivity contribution in [2.24, 2.45) is 5.92 Å². The highest BCUT2D eigenvalue weighted by molar-refractivity contribution is 7.15. The monoisotopic (exact) mass is 286 g/mol. The number of nitrogens with zero attached hydrogens (tertiary/aromatic N) is 2. The highest BCUT2D eigenvalue weighted by Gasteiger charge is 2.25. The minimum absolute atomic E-state index is 0.0709. The number of aromatic nitrogens is 2. The van der Waals surface area contributed by atoms with Crippen molar-refractivity contribution in [1.82, 2.24) is 15.5 Å². The van der Waals surface area contributed by atoms with Crippen LogP contribution in [0.15, 0.2) is 0 Å². The molecule has 1 heterocycles. The van der Waals surface area contributed by atoms with Crippen molar-refractivity contribution in [3.8, 4) is 0 Å². The molecule has 0 saturated carbocycles. The van der Waals surface area contributed by atoms with Gasteiger partial charge in [0.05, 0.1) is 6.61 Å². The molecule has 19 heavy (non-hydrogen) atoms. The summed E-state index contributed by atoms with van der Waals surface area (Å²) in [5.74, 6) is -0.405. The highest BCUT2D eigenvalue weighted by Crippen LogP contribution is 2.15. The Morgan fingerprint density at radius 3 is 2.53 bits per heavy atom. The number of amides is 2. The van der Waals surface area contributed by atoms with E-state index in [1.807, 2.05) is 13.8 Å². The smallest absolute Gasteiger partial charge is 0.407 e. The number of nitrogens with one attached hydrogen (secondary N) is 2. The quantitative estimate of drug-likeness (QED) is 0.856. The molecule has 1 rings (SSSR count). The van der Waals surface area contributed by atoms with E-state index in [0.717, 1.165) is 5.01 Å². The van der Waals surface area contributed by atoms with Gasteiger partial charge >= 0.3 is 6.09 Å². The van der Waals surface area contributed by atoms with Crippen LogP contribution in [0.1, 0.15) is 25.8 Å². The molecule has 0 aliphatic rings. The van der Waals surface area contributed by atoms with Crippen LogP contribution in [0.25, 0.3) is 0 Å². The van der Waals surface area contributed by atoms with Crippen molar-refractivity contribution in [1.29, 1.82) is 0 Å². The van der Waals surface area contributed by atoms with Crippen LogP contribution in [0, 0.1) is 12.8 Å². The van der Waals surface area contributed by atoms with Crippen LogP contribution in [-0.4, -0.2) is 34.8 Å². The van der Waals surface area contributed by atoms with Gasteiger partial charge in [-0.1, -0.05) is 25.2 Å². The first-order valence-electron chi connectivity index (χ1n) is 5.98. The van der Waals surface area contributed by atoms with Gasteiger partial charge in [-0.3, -0.25) is 10.1 Å². The lowest BCUT2D eigenvalue weighted by molar-refractivity contribution is -0.119. The Labute approximate surface area is 115 Å². The summed E-state index contributed by atoms with van der Waals surface area (Å²) in [5.41, 5.74) is 0. The van der Waals surface area contributed by atoms with E-state index in [9.17, 15) is 9.59 Å². The number of alkyl carbamates (subject to hydrolysis) is 1. The SMILES string of the molecule is CCOC(=O)NC(C(=O)Nc1nnc(C)s1)C(C)C. The van der Waals surface area contributed by atoms with Gasteiger partial charge in [0.25, 0.3) is 0 Å². The Kier molecular flexibility index (Phi) is 5.68. The first kappa shape index (κ1) is 15.4. The summed E-state index contributed by atoms with van der Waals surface area (Å²) in [4.78, 5) is 23.4.